The van der Waals surface area contributed by atoms with Crippen LogP contribution in [0.5, 0.6) is 0 Å². The van der Waals surface area contributed by atoms with E-state index in [4.69, 9.17) is 0 Å². The zero-order chi connectivity index (χ0) is 15.4. The summed E-state index contributed by atoms with van der Waals surface area (Å²) in [4.78, 5) is 14.7. The van der Waals surface area contributed by atoms with Gasteiger partial charge in [-0.25, -0.2) is 9.37 Å². The monoisotopic (exact) mass is 290 g/mol. The third kappa shape index (κ3) is 3.44. The second-order valence-corrected chi connectivity index (χ2v) is 4.49. The minimum absolute atomic E-state index is 0.108. The van der Waals surface area contributed by atoms with Gasteiger partial charge in [-0.15, -0.1) is 0 Å². The van der Waals surface area contributed by atoms with Crippen molar-refractivity contribution in [2.75, 3.05) is 17.7 Å². The van der Waals surface area contributed by atoms with Crippen LogP contribution in [0.3, 0.4) is 0 Å². The Kier molecular flexibility index (Phi) is 4.32. The van der Waals surface area contributed by atoms with E-state index in [0.717, 1.165) is 5.56 Å². The van der Waals surface area contributed by atoms with Gasteiger partial charge >= 0.3 is 5.69 Å². The lowest BCUT2D eigenvalue weighted by molar-refractivity contribution is -0.384. The van der Waals surface area contributed by atoms with Gasteiger partial charge in [0, 0.05) is 13.1 Å². The van der Waals surface area contributed by atoms with E-state index in [1.165, 1.54) is 24.3 Å². The van der Waals surface area contributed by atoms with Crippen LogP contribution in [0, 0.1) is 15.9 Å². The molecular weight excluding hydrogens is 275 g/mol. The predicted octanol–water partition coefficient (Wildman–Crippen LogP) is 3.34. The van der Waals surface area contributed by atoms with Gasteiger partial charge in [0.1, 0.15) is 11.6 Å². The number of anilines is 2. The SMILES string of the molecule is CNc1ccc([N+](=O)[O-])c(NC(C)c2ccc(F)cc2)n1. The minimum atomic E-state index is -0.494. The topological polar surface area (TPSA) is 80.1 Å². The molecular formula is C14H15FN4O2. The van der Waals surface area contributed by atoms with E-state index < -0.39 is 4.92 Å². The molecule has 0 saturated heterocycles. The summed E-state index contributed by atoms with van der Waals surface area (Å²) in [6, 6.07) is 8.62. The molecule has 0 saturated carbocycles. The molecule has 0 aliphatic heterocycles. The Morgan fingerprint density at radius 3 is 2.48 bits per heavy atom. The summed E-state index contributed by atoms with van der Waals surface area (Å²) in [5.41, 5.74) is 0.699. The molecule has 1 heterocycles. The molecule has 0 amide bonds. The van der Waals surface area contributed by atoms with Crippen LogP contribution in [0.1, 0.15) is 18.5 Å². The highest BCUT2D eigenvalue weighted by molar-refractivity contribution is 5.60. The van der Waals surface area contributed by atoms with Gasteiger partial charge in [0.05, 0.1) is 11.0 Å². The lowest BCUT2D eigenvalue weighted by atomic mass is 10.1. The normalized spacial score (nSPS) is 11.8. The largest absolute Gasteiger partial charge is 0.373 e. The van der Waals surface area contributed by atoms with E-state index in [9.17, 15) is 14.5 Å². The minimum Gasteiger partial charge on any atom is -0.373 e. The maximum Gasteiger partial charge on any atom is 0.311 e. The van der Waals surface area contributed by atoms with Crippen LogP contribution in [0.15, 0.2) is 36.4 Å². The number of nitrogens with one attached hydrogen (secondary N) is 2. The molecule has 0 aliphatic rings. The summed E-state index contributed by atoms with van der Waals surface area (Å²) in [5, 5.41) is 16.9. The first-order chi connectivity index (χ1) is 10.0. The van der Waals surface area contributed by atoms with E-state index in [0.29, 0.717) is 5.82 Å². The molecule has 0 radical (unpaired) electrons. The van der Waals surface area contributed by atoms with Crippen molar-refractivity contribution in [3.63, 3.8) is 0 Å². The van der Waals surface area contributed by atoms with Crippen molar-refractivity contribution in [2.45, 2.75) is 13.0 Å². The molecule has 1 aromatic carbocycles. The van der Waals surface area contributed by atoms with Crippen LogP contribution < -0.4 is 10.6 Å². The molecule has 0 aliphatic carbocycles. The number of hydrogen-bond acceptors (Lipinski definition) is 5. The zero-order valence-electron chi connectivity index (χ0n) is 11.6. The molecule has 2 rings (SSSR count). The van der Waals surface area contributed by atoms with Crippen molar-refractivity contribution in [1.82, 2.24) is 4.98 Å². The number of nitro groups is 1. The molecule has 1 aromatic heterocycles. The Labute approximate surface area is 121 Å². The number of benzene rings is 1. The van der Waals surface area contributed by atoms with E-state index in [1.807, 2.05) is 6.92 Å². The molecule has 0 spiro atoms. The maximum atomic E-state index is 12.9. The van der Waals surface area contributed by atoms with Crippen LogP contribution in [0.4, 0.5) is 21.7 Å². The molecule has 1 atom stereocenters. The fraction of sp³-hybridized carbons (Fsp3) is 0.214. The summed E-state index contributed by atoms with van der Waals surface area (Å²) < 4.78 is 12.9. The number of halogens is 1. The first-order valence-corrected chi connectivity index (χ1v) is 6.36. The number of hydrogen-bond donors (Lipinski definition) is 2. The lowest BCUT2D eigenvalue weighted by Gasteiger charge is -2.15. The molecule has 0 bridgehead atoms. The average molecular weight is 290 g/mol. The van der Waals surface area contributed by atoms with Gasteiger partial charge in [-0.1, -0.05) is 12.1 Å². The highest BCUT2D eigenvalue weighted by Gasteiger charge is 2.18. The smallest absolute Gasteiger partial charge is 0.311 e. The summed E-state index contributed by atoms with van der Waals surface area (Å²) in [6.07, 6.45) is 0. The van der Waals surface area contributed by atoms with Gasteiger partial charge in [-0.05, 0) is 30.7 Å². The second kappa shape index (κ2) is 6.17. The third-order valence-electron chi connectivity index (χ3n) is 3.05. The van der Waals surface area contributed by atoms with E-state index in [2.05, 4.69) is 15.6 Å². The summed E-state index contributed by atoms with van der Waals surface area (Å²) in [5.74, 6) is 0.366. The van der Waals surface area contributed by atoms with E-state index in [-0.39, 0.29) is 23.4 Å². The maximum absolute atomic E-state index is 12.9. The average Bonchev–Trinajstić information content (AvgIpc) is 2.47. The van der Waals surface area contributed by atoms with Crippen molar-refractivity contribution in [1.29, 1.82) is 0 Å². The van der Waals surface area contributed by atoms with Gasteiger partial charge in [0.15, 0.2) is 0 Å². The summed E-state index contributed by atoms with van der Waals surface area (Å²) in [6.45, 7) is 1.82. The number of rotatable bonds is 5. The Morgan fingerprint density at radius 1 is 1.24 bits per heavy atom. The standard InChI is InChI=1S/C14H15FN4O2/c1-9(10-3-5-11(15)6-4-10)17-14-12(19(20)21)7-8-13(16-2)18-14/h3-9H,1-2H3,(H2,16,17,18). The Morgan fingerprint density at radius 2 is 1.90 bits per heavy atom. The molecule has 2 N–H and O–H groups in total. The second-order valence-electron chi connectivity index (χ2n) is 4.49. The van der Waals surface area contributed by atoms with Gasteiger partial charge in [0.25, 0.3) is 0 Å². The van der Waals surface area contributed by atoms with E-state index in [1.54, 1.807) is 19.2 Å². The zero-order valence-corrected chi connectivity index (χ0v) is 11.6. The quantitative estimate of drug-likeness (QED) is 0.652. The fourth-order valence-corrected chi connectivity index (χ4v) is 1.88. The van der Waals surface area contributed by atoms with Crippen LogP contribution in [-0.2, 0) is 0 Å². The van der Waals surface area contributed by atoms with Gasteiger partial charge in [0.2, 0.25) is 5.82 Å². The van der Waals surface area contributed by atoms with Crippen molar-refractivity contribution < 1.29 is 9.31 Å². The van der Waals surface area contributed by atoms with Crippen molar-refractivity contribution in [2.24, 2.45) is 0 Å². The molecule has 1 unspecified atom stereocenters. The van der Waals surface area contributed by atoms with Gasteiger partial charge in [-0.3, -0.25) is 10.1 Å². The third-order valence-corrected chi connectivity index (χ3v) is 3.05. The molecule has 0 fully saturated rings. The lowest BCUT2D eigenvalue weighted by Crippen LogP contribution is -2.10. The van der Waals surface area contributed by atoms with E-state index >= 15 is 0 Å². The Bertz CT molecular complexity index is 646. The van der Waals surface area contributed by atoms with Gasteiger partial charge in [-0.2, -0.15) is 0 Å². The van der Waals surface area contributed by atoms with Crippen molar-refractivity contribution in [3.05, 3.63) is 57.9 Å². The number of pyridine rings is 1. The number of nitrogens with zero attached hydrogens (tertiary/aromatic N) is 2. The Hall–Kier alpha value is -2.70. The van der Waals surface area contributed by atoms with Crippen LogP contribution in [-0.4, -0.2) is 17.0 Å². The molecule has 110 valence electrons. The Balaban J connectivity index is 2.28. The van der Waals surface area contributed by atoms with Gasteiger partial charge < -0.3 is 10.6 Å². The van der Waals surface area contributed by atoms with Crippen LogP contribution >= 0.6 is 0 Å². The van der Waals surface area contributed by atoms with Crippen LogP contribution in [0.2, 0.25) is 0 Å². The molecule has 7 heteroatoms. The molecule has 2 aromatic rings. The molecule has 6 nitrogen and oxygen atoms in total. The summed E-state index contributed by atoms with van der Waals surface area (Å²) in [7, 11) is 1.68. The highest BCUT2D eigenvalue weighted by atomic mass is 19.1. The first kappa shape index (κ1) is 14.7. The fourth-order valence-electron chi connectivity index (χ4n) is 1.88. The first-order valence-electron chi connectivity index (χ1n) is 6.36. The number of aromatic nitrogens is 1. The summed E-state index contributed by atoms with van der Waals surface area (Å²) >= 11 is 0. The highest BCUT2D eigenvalue weighted by Crippen LogP contribution is 2.27. The van der Waals surface area contributed by atoms with Crippen molar-refractivity contribution >= 4 is 17.3 Å². The molecule has 21 heavy (non-hydrogen) atoms. The predicted molar refractivity (Wildman–Crippen MR) is 78.9 cm³/mol. The van der Waals surface area contributed by atoms with Crippen molar-refractivity contribution in [3.8, 4) is 0 Å². The van der Waals surface area contributed by atoms with Crippen LogP contribution in [0.25, 0.3) is 0 Å².